The lowest BCUT2D eigenvalue weighted by molar-refractivity contribution is -0.384. The van der Waals surface area contributed by atoms with Crippen LogP contribution in [-0.4, -0.2) is 21.9 Å². The second-order valence-corrected chi connectivity index (χ2v) is 8.68. The van der Waals surface area contributed by atoms with Crippen molar-refractivity contribution >= 4 is 28.3 Å². The minimum atomic E-state index is -0.895. The number of carbonyl (C=O) groups is 2. The summed E-state index contributed by atoms with van der Waals surface area (Å²) in [5, 5.41) is 25.1. The number of ether oxygens (including phenoxy) is 1. The van der Waals surface area contributed by atoms with E-state index in [4.69, 9.17) is 9.84 Å². The second kappa shape index (κ2) is 11.3. The van der Waals surface area contributed by atoms with E-state index in [1.54, 1.807) is 18.2 Å². The second-order valence-electron chi connectivity index (χ2n) is 8.68. The van der Waals surface area contributed by atoms with Gasteiger partial charge in [0, 0.05) is 24.1 Å². The Morgan fingerprint density at radius 2 is 1.68 bits per heavy atom. The lowest BCUT2D eigenvalue weighted by Gasteiger charge is -2.19. The number of rotatable bonds is 10. The molecular weight excluding hydrogens is 472 g/mol. The van der Waals surface area contributed by atoms with Crippen molar-refractivity contribution in [3.8, 4) is 11.5 Å². The number of aryl methyl sites for hydroxylation is 1. The average Bonchev–Trinajstić information content (AvgIpc) is 2.89. The van der Waals surface area contributed by atoms with Gasteiger partial charge in [0.2, 0.25) is 0 Å². The Balaban J connectivity index is 1.59. The fraction of sp³-hybridized carbons (Fsp3) is 0.172. The van der Waals surface area contributed by atoms with E-state index in [9.17, 15) is 19.7 Å². The van der Waals surface area contributed by atoms with Crippen LogP contribution in [0.5, 0.6) is 11.5 Å². The van der Waals surface area contributed by atoms with Gasteiger partial charge in [-0.15, -0.1) is 0 Å². The molecule has 8 heteroatoms. The number of hydrogen-bond donors (Lipinski definition) is 2. The topological polar surface area (TPSA) is 119 Å². The number of aliphatic carboxylic acids is 1. The molecule has 4 aromatic rings. The SMILES string of the molecule is C[C@@H](NC(=O)c1cc(Oc2ccc([N+](=O)[O-])cc2)ccc1CCCC(=O)O)c1cccc2ccccc12. The lowest BCUT2D eigenvalue weighted by Crippen LogP contribution is -2.27. The zero-order valence-electron chi connectivity index (χ0n) is 20.2. The molecule has 0 spiro atoms. The predicted octanol–water partition coefficient (Wildman–Crippen LogP) is 6.44. The van der Waals surface area contributed by atoms with Gasteiger partial charge in [0.15, 0.2) is 0 Å². The monoisotopic (exact) mass is 498 g/mol. The van der Waals surface area contributed by atoms with Crippen molar-refractivity contribution in [3.63, 3.8) is 0 Å². The molecule has 37 heavy (non-hydrogen) atoms. The van der Waals surface area contributed by atoms with Crippen LogP contribution in [0.2, 0.25) is 0 Å². The summed E-state index contributed by atoms with van der Waals surface area (Å²) in [6.45, 7) is 1.92. The molecule has 0 aliphatic heterocycles. The summed E-state index contributed by atoms with van der Waals surface area (Å²) in [6.07, 6.45) is 0.793. The number of carboxylic acid groups (broad SMARTS) is 1. The van der Waals surface area contributed by atoms with Crippen LogP contribution in [-0.2, 0) is 11.2 Å². The first-order valence-corrected chi connectivity index (χ1v) is 11.9. The molecule has 1 amide bonds. The smallest absolute Gasteiger partial charge is 0.303 e. The van der Waals surface area contributed by atoms with Gasteiger partial charge < -0.3 is 15.2 Å². The van der Waals surface area contributed by atoms with Crippen LogP contribution in [0.15, 0.2) is 84.9 Å². The zero-order valence-corrected chi connectivity index (χ0v) is 20.2. The molecule has 0 aliphatic carbocycles. The molecule has 1 atom stereocenters. The Hall–Kier alpha value is -4.72. The van der Waals surface area contributed by atoms with Gasteiger partial charge in [0.05, 0.1) is 11.0 Å². The Kier molecular flexibility index (Phi) is 7.78. The zero-order chi connectivity index (χ0) is 26.4. The van der Waals surface area contributed by atoms with E-state index in [-0.39, 0.29) is 24.1 Å². The van der Waals surface area contributed by atoms with Crippen LogP contribution in [0.25, 0.3) is 10.8 Å². The third-order valence-corrected chi connectivity index (χ3v) is 6.08. The van der Waals surface area contributed by atoms with Gasteiger partial charge in [-0.3, -0.25) is 19.7 Å². The third-order valence-electron chi connectivity index (χ3n) is 6.08. The maximum absolute atomic E-state index is 13.4. The standard InChI is InChI=1S/C29H26N2O6/c1-19(25-10-4-7-20-6-2-3-9-26(20)25)30-29(34)27-18-24(15-12-21(27)8-5-11-28(32)33)37-23-16-13-22(14-17-23)31(35)36/h2-4,6-7,9-10,12-19H,5,8,11H2,1H3,(H,30,34)(H,32,33)/t19-/m1/s1. The van der Waals surface area contributed by atoms with E-state index in [0.29, 0.717) is 35.5 Å². The van der Waals surface area contributed by atoms with Crippen molar-refractivity contribution in [1.29, 1.82) is 0 Å². The van der Waals surface area contributed by atoms with Gasteiger partial charge in [-0.05, 0) is 65.9 Å². The van der Waals surface area contributed by atoms with Crippen LogP contribution >= 0.6 is 0 Å². The summed E-state index contributed by atoms with van der Waals surface area (Å²) in [6, 6.07) is 24.4. The molecule has 0 fully saturated rings. The summed E-state index contributed by atoms with van der Waals surface area (Å²) in [7, 11) is 0. The van der Waals surface area contributed by atoms with Gasteiger partial charge in [-0.25, -0.2) is 0 Å². The molecule has 0 radical (unpaired) electrons. The number of carboxylic acids is 1. The molecule has 2 N–H and O–H groups in total. The van der Waals surface area contributed by atoms with E-state index >= 15 is 0 Å². The third kappa shape index (κ3) is 6.29. The van der Waals surface area contributed by atoms with Crippen LogP contribution in [0.4, 0.5) is 5.69 Å². The van der Waals surface area contributed by atoms with Crippen molar-refractivity contribution in [2.75, 3.05) is 0 Å². The minimum absolute atomic E-state index is 0.00544. The highest BCUT2D eigenvalue weighted by atomic mass is 16.6. The maximum Gasteiger partial charge on any atom is 0.303 e. The summed E-state index contributed by atoms with van der Waals surface area (Å²) in [4.78, 5) is 34.9. The number of benzene rings is 4. The highest BCUT2D eigenvalue weighted by Gasteiger charge is 2.18. The number of nitro groups is 1. The van der Waals surface area contributed by atoms with Crippen molar-refractivity contribution in [1.82, 2.24) is 5.32 Å². The van der Waals surface area contributed by atoms with Crippen molar-refractivity contribution < 1.29 is 24.4 Å². The Morgan fingerprint density at radius 3 is 2.41 bits per heavy atom. The van der Waals surface area contributed by atoms with Gasteiger partial charge in [-0.1, -0.05) is 48.5 Å². The largest absolute Gasteiger partial charge is 0.481 e. The molecule has 0 aliphatic rings. The number of amides is 1. The van der Waals surface area contributed by atoms with E-state index in [1.165, 1.54) is 24.3 Å². The molecule has 0 heterocycles. The first-order valence-electron chi connectivity index (χ1n) is 11.9. The Bertz CT molecular complexity index is 1440. The fourth-order valence-electron chi connectivity index (χ4n) is 4.23. The predicted molar refractivity (Wildman–Crippen MR) is 140 cm³/mol. The van der Waals surface area contributed by atoms with Crippen LogP contribution in [0.3, 0.4) is 0 Å². The molecule has 0 aromatic heterocycles. The molecule has 4 aromatic carbocycles. The van der Waals surface area contributed by atoms with E-state index < -0.39 is 10.9 Å². The first kappa shape index (κ1) is 25.4. The lowest BCUT2D eigenvalue weighted by atomic mass is 9.98. The van der Waals surface area contributed by atoms with Crippen LogP contribution in [0.1, 0.15) is 47.3 Å². The molecular formula is C29H26N2O6. The normalized spacial score (nSPS) is 11.6. The van der Waals surface area contributed by atoms with E-state index in [2.05, 4.69) is 5.32 Å². The van der Waals surface area contributed by atoms with Crippen LogP contribution in [0, 0.1) is 10.1 Å². The van der Waals surface area contributed by atoms with Crippen molar-refractivity contribution in [3.05, 3.63) is 112 Å². The van der Waals surface area contributed by atoms with E-state index in [1.807, 2.05) is 49.4 Å². The molecule has 0 saturated carbocycles. The Labute approximate surface area is 213 Å². The number of carbonyl (C=O) groups excluding carboxylic acids is 1. The van der Waals surface area contributed by atoms with Crippen molar-refractivity contribution in [2.45, 2.75) is 32.2 Å². The number of nitrogens with zero attached hydrogens (tertiary/aromatic N) is 1. The van der Waals surface area contributed by atoms with Crippen molar-refractivity contribution in [2.24, 2.45) is 0 Å². The van der Waals surface area contributed by atoms with Gasteiger partial charge in [0.1, 0.15) is 11.5 Å². The fourth-order valence-corrected chi connectivity index (χ4v) is 4.23. The summed E-state index contributed by atoms with van der Waals surface area (Å²) >= 11 is 0. The Morgan fingerprint density at radius 1 is 0.973 bits per heavy atom. The van der Waals surface area contributed by atoms with Gasteiger partial charge in [0.25, 0.3) is 11.6 Å². The number of fused-ring (bicyclic) bond motifs is 1. The highest BCUT2D eigenvalue weighted by Crippen LogP contribution is 2.28. The summed E-state index contributed by atoms with van der Waals surface area (Å²) in [5.41, 5.74) is 2.03. The molecule has 188 valence electrons. The highest BCUT2D eigenvalue weighted by molar-refractivity contribution is 5.97. The molecule has 0 saturated heterocycles. The molecule has 0 bridgehead atoms. The number of nitrogens with one attached hydrogen (secondary N) is 1. The first-order chi connectivity index (χ1) is 17.8. The molecule has 8 nitrogen and oxygen atoms in total. The maximum atomic E-state index is 13.4. The molecule has 0 unspecified atom stereocenters. The minimum Gasteiger partial charge on any atom is -0.481 e. The number of hydrogen-bond acceptors (Lipinski definition) is 5. The summed E-state index contributed by atoms with van der Waals surface area (Å²) < 4.78 is 5.85. The number of nitro benzene ring substituents is 1. The van der Waals surface area contributed by atoms with E-state index in [0.717, 1.165) is 16.3 Å². The van der Waals surface area contributed by atoms with Crippen LogP contribution < -0.4 is 10.1 Å². The average molecular weight is 499 g/mol. The van der Waals surface area contributed by atoms with Gasteiger partial charge in [-0.2, -0.15) is 0 Å². The number of non-ortho nitro benzene ring substituents is 1. The molecule has 4 rings (SSSR count). The quantitative estimate of drug-likeness (QED) is 0.192. The summed E-state index contributed by atoms with van der Waals surface area (Å²) in [5.74, 6) is -0.424. The van der Waals surface area contributed by atoms with Gasteiger partial charge >= 0.3 is 5.97 Å².